The van der Waals surface area contributed by atoms with Gasteiger partial charge >= 0.3 is 5.97 Å². The lowest BCUT2D eigenvalue weighted by atomic mass is 10.1. The van der Waals surface area contributed by atoms with E-state index < -0.39 is 5.97 Å². The molecule has 132 valence electrons. The van der Waals surface area contributed by atoms with Gasteiger partial charge in [-0.3, -0.25) is 9.59 Å². The number of carbonyl (C=O) groups excluding carboxylic acids is 2. The number of nitrogens with zero attached hydrogens (tertiary/aromatic N) is 1. The molecule has 0 aliphatic carbocycles. The highest BCUT2D eigenvalue weighted by molar-refractivity contribution is 7.99. The summed E-state index contributed by atoms with van der Waals surface area (Å²) in [5, 5.41) is 0.380. The molecule has 0 fully saturated rings. The maximum atomic E-state index is 12.1. The quantitative estimate of drug-likeness (QED) is 0.371. The smallest absolute Gasteiger partial charge is 0.316 e. The minimum Gasteiger partial charge on any atom is -0.457 e. The van der Waals surface area contributed by atoms with E-state index in [-0.39, 0.29) is 24.9 Å². The molecule has 0 saturated carbocycles. The van der Waals surface area contributed by atoms with Crippen LogP contribution < -0.4 is 9.47 Å². The molecular formula is C18H13NO6S. The van der Waals surface area contributed by atoms with Gasteiger partial charge in [-0.25, -0.2) is 4.98 Å². The molecule has 1 aliphatic rings. The van der Waals surface area contributed by atoms with Gasteiger partial charge < -0.3 is 18.6 Å². The summed E-state index contributed by atoms with van der Waals surface area (Å²) in [4.78, 5) is 28.2. The Morgan fingerprint density at radius 2 is 1.96 bits per heavy atom. The van der Waals surface area contributed by atoms with Crippen LogP contribution in [0.25, 0.3) is 11.1 Å². The Kier molecular flexibility index (Phi) is 4.49. The minimum absolute atomic E-state index is 0.00123. The maximum absolute atomic E-state index is 12.1. The molecule has 0 atom stereocenters. The molecule has 0 bridgehead atoms. The average molecular weight is 371 g/mol. The number of hydrogen-bond donors (Lipinski definition) is 0. The Morgan fingerprint density at radius 3 is 2.85 bits per heavy atom. The molecule has 1 aliphatic heterocycles. The average Bonchev–Trinajstić information content (AvgIpc) is 3.29. The summed E-state index contributed by atoms with van der Waals surface area (Å²) in [5.41, 5.74) is 1.77. The summed E-state index contributed by atoms with van der Waals surface area (Å²) in [6, 6.07) is 12.2. The molecule has 0 spiro atoms. The zero-order chi connectivity index (χ0) is 17.9. The van der Waals surface area contributed by atoms with Crippen molar-refractivity contribution in [2.45, 2.75) is 5.22 Å². The van der Waals surface area contributed by atoms with Crippen LogP contribution in [0.3, 0.4) is 0 Å². The predicted octanol–water partition coefficient (Wildman–Crippen LogP) is 3.07. The van der Waals surface area contributed by atoms with Gasteiger partial charge in [-0.05, 0) is 30.3 Å². The first-order valence-corrected chi connectivity index (χ1v) is 8.74. The van der Waals surface area contributed by atoms with Crippen LogP contribution in [0, 0.1) is 0 Å². The molecule has 1 aromatic heterocycles. The Balaban J connectivity index is 1.29. The number of thioether (sulfide) groups is 1. The lowest BCUT2D eigenvalue weighted by Gasteiger charge is -2.04. The number of ether oxygens (including phenoxy) is 3. The van der Waals surface area contributed by atoms with Crippen molar-refractivity contribution < 1.29 is 28.2 Å². The maximum Gasteiger partial charge on any atom is 0.316 e. The Bertz CT molecular complexity index is 950. The predicted molar refractivity (Wildman–Crippen MR) is 92.6 cm³/mol. The van der Waals surface area contributed by atoms with E-state index in [1.165, 1.54) is 0 Å². The molecule has 0 unspecified atom stereocenters. The molecule has 26 heavy (non-hydrogen) atoms. The zero-order valence-corrected chi connectivity index (χ0v) is 14.3. The minimum atomic E-state index is -0.522. The third kappa shape index (κ3) is 3.50. The summed E-state index contributed by atoms with van der Waals surface area (Å²) < 4.78 is 20.9. The highest BCUT2D eigenvalue weighted by Crippen LogP contribution is 2.32. The number of fused-ring (bicyclic) bond motifs is 2. The molecule has 4 rings (SSSR count). The lowest BCUT2D eigenvalue weighted by molar-refractivity contribution is -0.139. The van der Waals surface area contributed by atoms with Gasteiger partial charge in [0.15, 0.2) is 29.5 Å². The fourth-order valence-electron chi connectivity index (χ4n) is 2.37. The van der Waals surface area contributed by atoms with E-state index in [2.05, 4.69) is 4.98 Å². The van der Waals surface area contributed by atoms with E-state index in [0.29, 0.717) is 27.9 Å². The number of oxazole rings is 1. The van der Waals surface area contributed by atoms with Crippen molar-refractivity contribution in [3.05, 3.63) is 48.0 Å². The molecule has 7 nitrogen and oxygen atoms in total. The number of esters is 1. The van der Waals surface area contributed by atoms with E-state index in [0.717, 1.165) is 17.3 Å². The van der Waals surface area contributed by atoms with E-state index in [1.54, 1.807) is 24.3 Å². The van der Waals surface area contributed by atoms with E-state index >= 15 is 0 Å². The van der Waals surface area contributed by atoms with Gasteiger partial charge in [-0.2, -0.15) is 0 Å². The summed E-state index contributed by atoms with van der Waals surface area (Å²) in [5.74, 6) is 0.262. The molecule has 3 aromatic rings. The van der Waals surface area contributed by atoms with Gasteiger partial charge in [-0.1, -0.05) is 23.9 Å². The van der Waals surface area contributed by atoms with Gasteiger partial charge in [0.05, 0.1) is 0 Å². The summed E-state index contributed by atoms with van der Waals surface area (Å²) >= 11 is 1.12. The van der Waals surface area contributed by atoms with Crippen molar-refractivity contribution in [1.82, 2.24) is 4.98 Å². The van der Waals surface area contributed by atoms with E-state index in [1.807, 2.05) is 18.2 Å². The van der Waals surface area contributed by atoms with E-state index in [4.69, 9.17) is 18.6 Å². The number of para-hydroxylation sites is 2. The largest absolute Gasteiger partial charge is 0.457 e. The van der Waals surface area contributed by atoms with Crippen LogP contribution in [0.15, 0.2) is 52.1 Å². The first kappa shape index (κ1) is 16.5. The van der Waals surface area contributed by atoms with Crippen LogP contribution in [-0.4, -0.2) is 35.9 Å². The van der Waals surface area contributed by atoms with E-state index in [9.17, 15) is 9.59 Å². The number of benzene rings is 2. The molecule has 8 heteroatoms. The van der Waals surface area contributed by atoms with Crippen molar-refractivity contribution >= 4 is 34.6 Å². The van der Waals surface area contributed by atoms with Crippen molar-refractivity contribution in [2.24, 2.45) is 0 Å². The first-order chi connectivity index (χ1) is 12.7. The number of carbonyl (C=O) groups is 2. The lowest BCUT2D eigenvalue weighted by Crippen LogP contribution is -2.15. The van der Waals surface area contributed by atoms with Crippen LogP contribution in [0.1, 0.15) is 10.4 Å². The highest BCUT2D eigenvalue weighted by Gasteiger charge is 2.17. The van der Waals surface area contributed by atoms with Gasteiger partial charge in [-0.15, -0.1) is 0 Å². The first-order valence-electron chi connectivity index (χ1n) is 7.76. The van der Waals surface area contributed by atoms with Crippen molar-refractivity contribution in [3.8, 4) is 11.5 Å². The van der Waals surface area contributed by atoms with Crippen molar-refractivity contribution in [2.75, 3.05) is 19.2 Å². The second-order valence-electron chi connectivity index (χ2n) is 5.39. The number of aromatic nitrogens is 1. The Labute approximate surface area is 152 Å². The summed E-state index contributed by atoms with van der Waals surface area (Å²) in [6.07, 6.45) is 0. The normalized spacial score (nSPS) is 12.3. The molecule has 0 N–H and O–H groups in total. The Hall–Kier alpha value is -3.00. The second-order valence-corrected chi connectivity index (χ2v) is 6.31. The Morgan fingerprint density at radius 1 is 1.12 bits per heavy atom. The van der Waals surface area contributed by atoms with Crippen LogP contribution in [0.4, 0.5) is 0 Å². The number of hydrogen-bond acceptors (Lipinski definition) is 8. The second kappa shape index (κ2) is 7.09. The summed E-state index contributed by atoms with van der Waals surface area (Å²) in [7, 11) is 0. The summed E-state index contributed by atoms with van der Waals surface area (Å²) in [6.45, 7) is -0.207. The number of Topliss-reactive ketones (excluding diaryl/α,β-unsaturated/α-hetero) is 1. The van der Waals surface area contributed by atoms with Gasteiger partial charge in [0.1, 0.15) is 11.3 Å². The standard InChI is InChI=1S/C18H13NO6S/c20-13(11-5-6-15-16(7-11)24-10-23-15)8-22-17(21)9-26-18-19-12-3-1-2-4-14(12)25-18/h1-7H,8-10H2. The topological polar surface area (TPSA) is 87.9 Å². The molecule has 0 amide bonds. The molecular weight excluding hydrogens is 358 g/mol. The molecule has 0 radical (unpaired) electrons. The molecule has 0 saturated heterocycles. The van der Waals surface area contributed by atoms with Gasteiger partial charge in [0.2, 0.25) is 6.79 Å². The number of rotatable bonds is 6. The monoisotopic (exact) mass is 371 g/mol. The third-order valence-corrected chi connectivity index (χ3v) is 4.45. The van der Waals surface area contributed by atoms with Crippen LogP contribution >= 0.6 is 11.8 Å². The SMILES string of the molecule is O=C(CSc1nc2ccccc2o1)OCC(=O)c1ccc2c(c1)OCO2. The highest BCUT2D eigenvalue weighted by atomic mass is 32.2. The van der Waals surface area contributed by atoms with Crippen molar-refractivity contribution in [1.29, 1.82) is 0 Å². The number of ketones is 1. The van der Waals surface area contributed by atoms with Gasteiger partial charge in [0, 0.05) is 5.56 Å². The fraction of sp³-hybridized carbons (Fsp3) is 0.167. The van der Waals surface area contributed by atoms with Crippen LogP contribution in [0.5, 0.6) is 11.5 Å². The van der Waals surface area contributed by atoms with Crippen LogP contribution in [-0.2, 0) is 9.53 Å². The van der Waals surface area contributed by atoms with Gasteiger partial charge in [0.25, 0.3) is 5.22 Å². The van der Waals surface area contributed by atoms with Crippen LogP contribution in [0.2, 0.25) is 0 Å². The molecule has 2 aromatic carbocycles. The molecule has 2 heterocycles. The zero-order valence-electron chi connectivity index (χ0n) is 13.5. The van der Waals surface area contributed by atoms with Crippen molar-refractivity contribution in [3.63, 3.8) is 0 Å². The third-order valence-electron chi connectivity index (χ3n) is 3.65. The fourth-order valence-corrected chi connectivity index (χ4v) is 3.01.